The van der Waals surface area contributed by atoms with E-state index < -0.39 is 35.3 Å². The number of aromatic nitrogens is 1. The number of halogens is 4. The van der Waals surface area contributed by atoms with Gasteiger partial charge in [0, 0.05) is 23.7 Å². The molecule has 7 nitrogen and oxygen atoms in total. The molecule has 0 radical (unpaired) electrons. The summed E-state index contributed by atoms with van der Waals surface area (Å²) in [4.78, 5) is 28.8. The number of hydrogen-bond acceptors (Lipinski definition) is 5. The van der Waals surface area contributed by atoms with Crippen LogP contribution in [0, 0.1) is 5.82 Å². The number of nitrogens with zero attached hydrogens (tertiary/aromatic N) is 1. The summed E-state index contributed by atoms with van der Waals surface area (Å²) in [7, 11) is 0. The Hall–Kier alpha value is -4.15. The number of benzene rings is 2. The highest BCUT2D eigenvalue weighted by Crippen LogP contribution is 2.42. The maximum Gasteiger partial charge on any atom is 0.573 e. The van der Waals surface area contributed by atoms with Crippen molar-refractivity contribution in [3.8, 4) is 11.5 Å². The van der Waals surface area contributed by atoms with Crippen molar-refractivity contribution in [2.24, 2.45) is 5.73 Å². The number of fused-ring (bicyclic) bond motifs is 1. The number of nitrogens with two attached hydrogens (primary N) is 1. The molecule has 1 unspecified atom stereocenters. The maximum absolute atomic E-state index is 14.6. The molecule has 2 amide bonds. The zero-order valence-corrected chi connectivity index (χ0v) is 17.4. The van der Waals surface area contributed by atoms with Gasteiger partial charge in [-0.2, -0.15) is 0 Å². The van der Waals surface area contributed by atoms with Crippen LogP contribution in [-0.4, -0.2) is 29.8 Å². The topological polar surface area (TPSA) is 104 Å². The number of primary amides is 1. The molecule has 2 heterocycles. The minimum absolute atomic E-state index is 0.112. The number of carbonyl (C=O) groups excluding carboxylic acids is 2. The number of amides is 2. The number of hydrogen-bond donors (Lipinski definition) is 2. The lowest BCUT2D eigenvalue weighted by atomic mass is 9.81. The Bertz CT molecular complexity index is 1250. The molecule has 11 heteroatoms. The molecule has 176 valence electrons. The molecular weight excluding hydrogens is 458 g/mol. The van der Waals surface area contributed by atoms with Crippen LogP contribution in [-0.2, 0) is 5.54 Å². The minimum atomic E-state index is -5.07. The molecule has 34 heavy (non-hydrogen) atoms. The average Bonchev–Trinajstić information content (AvgIpc) is 2.79. The third kappa shape index (κ3) is 4.49. The lowest BCUT2D eigenvalue weighted by Crippen LogP contribution is -2.50. The summed E-state index contributed by atoms with van der Waals surface area (Å²) in [6, 6.07) is 11.7. The van der Waals surface area contributed by atoms with Gasteiger partial charge in [0.25, 0.3) is 5.91 Å². The molecule has 1 aliphatic rings. The number of pyridine rings is 1. The van der Waals surface area contributed by atoms with E-state index in [0.717, 1.165) is 12.1 Å². The van der Waals surface area contributed by atoms with Crippen molar-refractivity contribution in [2.75, 3.05) is 6.61 Å². The molecule has 0 spiro atoms. The second-order valence-electron chi connectivity index (χ2n) is 7.44. The van der Waals surface area contributed by atoms with Crippen LogP contribution in [0.3, 0.4) is 0 Å². The Morgan fingerprint density at radius 3 is 2.44 bits per heavy atom. The van der Waals surface area contributed by atoms with Crippen LogP contribution in [0.25, 0.3) is 0 Å². The normalized spacial score (nSPS) is 17.3. The standard InChI is InChI=1S/C23H17F4N3O4/c24-16-12-15(7-8-17(16)34-23(25,26)27)22(9-11-33-18-2-1-10-29-19(18)22)30-21(32)14-5-3-13(4-6-14)20(28)31/h1-8,10,12H,9,11H2,(H2,28,31)(H,30,32). The van der Waals surface area contributed by atoms with Gasteiger partial charge in [0.1, 0.15) is 17.0 Å². The number of alkyl halides is 3. The van der Waals surface area contributed by atoms with E-state index in [0.29, 0.717) is 5.75 Å². The van der Waals surface area contributed by atoms with Crippen LogP contribution >= 0.6 is 0 Å². The van der Waals surface area contributed by atoms with Crippen LogP contribution in [0.15, 0.2) is 60.8 Å². The third-order valence-electron chi connectivity index (χ3n) is 5.32. The van der Waals surface area contributed by atoms with E-state index in [1.165, 1.54) is 36.5 Å². The predicted octanol–water partition coefficient (Wildman–Crippen LogP) is 3.67. The van der Waals surface area contributed by atoms with Gasteiger partial charge in [-0.3, -0.25) is 14.6 Å². The van der Waals surface area contributed by atoms with Crippen molar-refractivity contribution in [1.82, 2.24) is 10.3 Å². The zero-order chi connectivity index (χ0) is 24.5. The Labute approximate surface area is 190 Å². The molecule has 0 bridgehead atoms. The second-order valence-corrected chi connectivity index (χ2v) is 7.44. The number of rotatable bonds is 5. The van der Waals surface area contributed by atoms with Crippen LogP contribution < -0.4 is 20.5 Å². The summed E-state index contributed by atoms with van der Waals surface area (Å²) >= 11 is 0. The zero-order valence-electron chi connectivity index (χ0n) is 17.4. The van der Waals surface area contributed by atoms with Crippen molar-refractivity contribution in [3.05, 3.63) is 89.0 Å². The summed E-state index contributed by atoms with van der Waals surface area (Å²) < 4.78 is 61.7. The first-order valence-electron chi connectivity index (χ1n) is 9.95. The highest BCUT2D eigenvalue weighted by atomic mass is 19.4. The molecule has 0 aliphatic carbocycles. The van der Waals surface area contributed by atoms with E-state index in [-0.39, 0.29) is 35.4 Å². The van der Waals surface area contributed by atoms with Crippen molar-refractivity contribution >= 4 is 11.8 Å². The molecule has 1 aromatic heterocycles. The first-order chi connectivity index (χ1) is 16.1. The van der Waals surface area contributed by atoms with Gasteiger partial charge in [-0.05, 0) is 54.1 Å². The van der Waals surface area contributed by atoms with Crippen molar-refractivity contribution in [2.45, 2.75) is 18.3 Å². The molecular formula is C23H17F4N3O4. The van der Waals surface area contributed by atoms with Gasteiger partial charge in [-0.15, -0.1) is 13.2 Å². The monoisotopic (exact) mass is 475 g/mol. The molecule has 3 aromatic rings. The molecule has 3 N–H and O–H groups in total. The first kappa shape index (κ1) is 23.0. The minimum Gasteiger partial charge on any atom is -0.491 e. The highest BCUT2D eigenvalue weighted by molar-refractivity contribution is 5.97. The summed E-state index contributed by atoms with van der Waals surface area (Å²) in [5.74, 6) is -3.20. The molecule has 0 saturated carbocycles. The van der Waals surface area contributed by atoms with E-state index in [9.17, 15) is 27.2 Å². The fourth-order valence-electron chi connectivity index (χ4n) is 3.76. The van der Waals surface area contributed by atoms with Gasteiger partial charge in [0.05, 0.1) is 6.61 Å². The SMILES string of the molecule is NC(=O)c1ccc(C(=O)NC2(c3ccc(OC(F)(F)F)c(F)c3)CCOc3cccnc32)cc1. The van der Waals surface area contributed by atoms with E-state index in [4.69, 9.17) is 10.5 Å². The van der Waals surface area contributed by atoms with Crippen LogP contribution in [0.2, 0.25) is 0 Å². The van der Waals surface area contributed by atoms with Gasteiger partial charge in [0.15, 0.2) is 11.6 Å². The van der Waals surface area contributed by atoms with Gasteiger partial charge in [0.2, 0.25) is 5.91 Å². The Balaban J connectivity index is 1.78. The van der Waals surface area contributed by atoms with E-state index in [1.807, 2.05) is 0 Å². The summed E-state index contributed by atoms with van der Waals surface area (Å²) in [5.41, 5.74) is 4.57. The average molecular weight is 475 g/mol. The highest BCUT2D eigenvalue weighted by Gasteiger charge is 2.43. The number of nitrogens with one attached hydrogen (secondary N) is 1. The summed E-state index contributed by atoms with van der Waals surface area (Å²) in [6.45, 7) is 0.113. The lowest BCUT2D eigenvalue weighted by Gasteiger charge is -2.39. The number of carbonyl (C=O) groups is 2. The van der Waals surface area contributed by atoms with E-state index in [2.05, 4.69) is 15.0 Å². The summed E-state index contributed by atoms with van der Waals surface area (Å²) in [6.07, 6.45) is -3.51. The van der Waals surface area contributed by atoms with Gasteiger partial charge < -0.3 is 20.5 Å². The van der Waals surface area contributed by atoms with E-state index in [1.54, 1.807) is 12.1 Å². The Morgan fingerprint density at radius 1 is 1.09 bits per heavy atom. The van der Waals surface area contributed by atoms with Crippen LogP contribution in [0.5, 0.6) is 11.5 Å². The Kier molecular flexibility index (Phi) is 5.86. The maximum atomic E-state index is 14.6. The third-order valence-corrected chi connectivity index (χ3v) is 5.32. The van der Waals surface area contributed by atoms with Crippen molar-refractivity contribution < 1.29 is 36.6 Å². The predicted molar refractivity (Wildman–Crippen MR) is 111 cm³/mol. The van der Waals surface area contributed by atoms with Crippen LogP contribution in [0.4, 0.5) is 17.6 Å². The molecule has 0 saturated heterocycles. The van der Waals surface area contributed by atoms with Crippen molar-refractivity contribution in [1.29, 1.82) is 0 Å². The molecule has 0 fully saturated rings. The Morgan fingerprint density at radius 2 is 1.79 bits per heavy atom. The number of ether oxygens (including phenoxy) is 2. The smallest absolute Gasteiger partial charge is 0.491 e. The molecule has 4 rings (SSSR count). The summed E-state index contributed by atoms with van der Waals surface area (Å²) in [5, 5.41) is 2.84. The first-order valence-corrected chi connectivity index (χ1v) is 9.95. The van der Waals surface area contributed by atoms with Gasteiger partial charge in [-0.25, -0.2) is 4.39 Å². The van der Waals surface area contributed by atoms with Gasteiger partial charge in [-0.1, -0.05) is 6.07 Å². The van der Waals surface area contributed by atoms with Crippen LogP contribution in [0.1, 0.15) is 38.4 Å². The molecule has 2 aromatic carbocycles. The lowest BCUT2D eigenvalue weighted by molar-refractivity contribution is -0.275. The fourth-order valence-corrected chi connectivity index (χ4v) is 3.76. The molecule has 1 atom stereocenters. The van der Waals surface area contributed by atoms with Crippen molar-refractivity contribution in [3.63, 3.8) is 0 Å². The fraction of sp³-hybridized carbons (Fsp3) is 0.174. The quantitative estimate of drug-likeness (QED) is 0.548. The molecule has 1 aliphatic heterocycles. The van der Waals surface area contributed by atoms with E-state index >= 15 is 0 Å². The largest absolute Gasteiger partial charge is 0.573 e. The van der Waals surface area contributed by atoms with Gasteiger partial charge >= 0.3 is 6.36 Å². The second kappa shape index (κ2) is 8.65.